The van der Waals surface area contributed by atoms with E-state index in [9.17, 15) is 19.8 Å². The van der Waals surface area contributed by atoms with Gasteiger partial charge in [0.25, 0.3) is 0 Å². The van der Waals surface area contributed by atoms with Crippen LogP contribution in [0.25, 0.3) is 0 Å². The summed E-state index contributed by atoms with van der Waals surface area (Å²) in [5.41, 5.74) is 0.254. The van der Waals surface area contributed by atoms with Crippen molar-refractivity contribution < 1.29 is 24.5 Å². The van der Waals surface area contributed by atoms with Crippen molar-refractivity contribution in [3.05, 3.63) is 93.7 Å². The molecule has 3 heterocycles. The number of carbonyl (C=O) groups is 2. The van der Waals surface area contributed by atoms with Crippen molar-refractivity contribution in [2.45, 2.75) is 83.2 Å². The van der Waals surface area contributed by atoms with Gasteiger partial charge in [0.1, 0.15) is 0 Å². The number of piperidine rings is 2. The molecule has 2 saturated heterocycles. The normalized spacial score (nSPS) is 28.1. The molecule has 2 aromatic carbocycles. The highest BCUT2D eigenvalue weighted by Crippen LogP contribution is 2.58. The van der Waals surface area contributed by atoms with Gasteiger partial charge in [0.2, 0.25) is 0 Å². The highest BCUT2D eigenvalue weighted by atomic mass is 32.1. The van der Waals surface area contributed by atoms with Crippen LogP contribution < -0.4 is 5.32 Å². The first-order valence-corrected chi connectivity index (χ1v) is 17.6. The number of nitrogens with zero attached hydrogens (tertiary/aromatic N) is 1. The molecule has 0 aliphatic carbocycles. The van der Waals surface area contributed by atoms with Crippen LogP contribution in [0.3, 0.4) is 0 Å². The van der Waals surface area contributed by atoms with Crippen LogP contribution in [-0.2, 0) is 19.7 Å². The molecule has 0 spiro atoms. The van der Waals surface area contributed by atoms with E-state index in [0.29, 0.717) is 26.1 Å². The number of ether oxygens (including phenoxy) is 1. The van der Waals surface area contributed by atoms with Crippen molar-refractivity contribution in [2.75, 3.05) is 32.8 Å². The monoisotopic (exact) mass is 646 g/mol. The summed E-state index contributed by atoms with van der Waals surface area (Å²) >= 11 is 1.51. The van der Waals surface area contributed by atoms with Crippen LogP contribution in [0.5, 0.6) is 0 Å². The Balaban J connectivity index is 1.16. The molecule has 8 heteroatoms. The van der Waals surface area contributed by atoms with Crippen molar-refractivity contribution in [2.24, 2.45) is 10.8 Å². The first kappa shape index (κ1) is 34.3. The first-order valence-electron chi connectivity index (χ1n) is 16.8. The molecule has 5 rings (SSSR count). The highest BCUT2D eigenvalue weighted by Gasteiger charge is 2.65. The van der Waals surface area contributed by atoms with Crippen molar-refractivity contribution in [3.63, 3.8) is 0 Å². The Hall–Kier alpha value is -3.04. The molecule has 0 radical (unpaired) electrons. The highest BCUT2D eigenvalue weighted by molar-refractivity contribution is 7.12. The lowest BCUT2D eigenvalue weighted by molar-refractivity contribution is -0.171. The minimum atomic E-state index is -1.28. The number of aryl methyl sites for hydroxylation is 1. The van der Waals surface area contributed by atoms with Gasteiger partial charge in [-0.05, 0) is 96.1 Å². The smallest absolute Gasteiger partial charge is 0.311 e. The van der Waals surface area contributed by atoms with Crippen LogP contribution in [0.4, 0.5) is 0 Å². The Morgan fingerprint density at radius 3 is 1.98 bits per heavy atom. The summed E-state index contributed by atoms with van der Waals surface area (Å²) in [6.45, 7) is 11.5. The van der Waals surface area contributed by atoms with E-state index in [1.165, 1.54) is 22.5 Å². The fraction of sp³-hybridized carbons (Fsp3) is 0.526. The van der Waals surface area contributed by atoms with E-state index in [0.717, 1.165) is 48.7 Å². The molecule has 0 bridgehead atoms. The van der Waals surface area contributed by atoms with E-state index in [2.05, 4.69) is 70.9 Å². The molecule has 3 aromatic rings. The Morgan fingerprint density at radius 1 is 0.870 bits per heavy atom. The number of rotatable bonds is 13. The molecule has 4 unspecified atom stereocenters. The molecule has 0 amide bonds. The molecule has 2 aliphatic heterocycles. The maximum absolute atomic E-state index is 13.2. The van der Waals surface area contributed by atoms with Gasteiger partial charge in [-0.15, -0.1) is 11.3 Å². The van der Waals surface area contributed by atoms with Crippen LogP contribution in [0.2, 0.25) is 0 Å². The molecule has 248 valence electrons. The topological polar surface area (TPSA) is 99.1 Å². The Bertz CT molecular complexity index is 1410. The standard InChI is InChI=1S/C38H50N2O5S/c1-27-17-18-32(46-27)33-36(4,34(41)42)28(2)39-29(3)38(33,35(43)44)19-11-25-45-26-12-22-40-23-20-37(21-24-40,30-13-7-5-8-14-30)31-15-9-6-10-16-31/h5-10,13-18,28-29,33,39H,11-12,19-26H2,1-4H3,(H,41,42)(H,43,44)/t28-,29?,33?,36?,38?/m1/s1. The molecule has 5 atom stereocenters. The number of nitrogens with one attached hydrogen (secondary N) is 1. The van der Waals surface area contributed by atoms with Crippen LogP contribution in [0, 0.1) is 17.8 Å². The summed E-state index contributed by atoms with van der Waals surface area (Å²) in [5.74, 6) is -2.59. The summed E-state index contributed by atoms with van der Waals surface area (Å²) in [7, 11) is 0. The van der Waals surface area contributed by atoms with Crippen LogP contribution in [-0.4, -0.2) is 72.0 Å². The predicted molar refractivity (Wildman–Crippen MR) is 184 cm³/mol. The number of carboxylic acids is 2. The summed E-state index contributed by atoms with van der Waals surface area (Å²) in [4.78, 5) is 30.4. The van der Waals surface area contributed by atoms with Gasteiger partial charge in [0.05, 0.1) is 10.8 Å². The van der Waals surface area contributed by atoms with E-state index in [1.54, 1.807) is 6.92 Å². The van der Waals surface area contributed by atoms with Gasteiger partial charge in [-0.2, -0.15) is 0 Å². The van der Waals surface area contributed by atoms with E-state index < -0.39 is 40.8 Å². The average Bonchev–Trinajstić information content (AvgIpc) is 3.48. The maximum atomic E-state index is 13.2. The lowest BCUT2D eigenvalue weighted by Gasteiger charge is -2.55. The average molecular weight is 647 g/mol. The van der Waals surface area contributed by atoms with Gasteiger partial charge in [0, 0.05) is 52.9 Å². The second-order valence-electron chi connectivity index (χ2n) is 13.7. The first-order chi connectivity index (χ1) is 22.1. The number of benzene rings is 2. The summed E-state index contributed by atoms with van der Waals surface area (Å²) < 4.78 is 6.07. The van der Waals surface area contributed by atoms with Crippen LogP contribution in [0.15, 0.2) is 72.8 Å². The third kappa shape index (κ3) is 6.42. The minimum absolute atomic E-state index is 0.0366. The lowest BCUT2D eigenvalue weighted by Crippen LogP contribution is -2.68. The molecular formula is C38H50N2O5S. The SMILES string of the molecule is Cc1ccc(C2C(CCCOCCCN3CCC(c4ccccc4)(c4ccccc4)CC3)(C(=O)O)C(C)N[C@H](C)C2(C)C(=O)O)s1. The minimum Gasteiger partial charge on any atom is -0.481 e. The van der Waals surface area contributed by atoms with Gasteiger partial charge in [-0.3, -0.25) is 9.59 Å². The van der Waals surface area contributed by atoms with Crippen molar-refractivity contribution >= 4 is 23.3 Å². The third-order valence-corrected chi connectivity index (χ3v) is 12.3. The summed E-state index contributed by atoms with van der Waals surface area (Å²) in [6.07, 6.45) is 3.94. The third-order valence-electron chi connectivity index (χ3n) is 11.2. The Labute approximate surface area is 278 Å². The zero-order valence-electron chi connectivity index (χ0n) is 27.7. The molecule has 2 fully saturated rings. The van der Waals surface area contributed by atoms with Crippen molar-refractivity contribution in [1.82, 2.24) is 10.2 Å². The second kappa shape index (κ2) is 14.4. The number of likely N-dealkylation sites (tertiary alicyclic amines) is 1. The summed E-state index contributed by atoms with van der Waals surface area (Å²) in [5, 5.41) is 24.6. The lowest BCUT2D eigenvalue weighted by atomic mass is 9.52. The molecule has 3 N–H and O–H groups in total. The largest absolute Gasteiger partial charge is 0.481 e. The fourth-order valence-electron chi connectivity index (χ4n) is 8.35. The number of thiophene rings is 1. The molecule has 1 aromatic heterocycles. The van der Waals surface area contributed by atoms with Crippen molar-refractivity contribution in [3.8, 4) is 0 Å². The number of hydrogen-bond donors (Lipinski definition) is 3. The number of aliphatic carboxylic acids is 2. The van der Waals surface area contributed by atoms with E-state index in [1.807, 2.05) is 32.9 Å². The Kier molecular flexibility index (Phi) is 10.7. The molecule has 7 nitrogen and oxygen atoms in total. The van der Waals surface area contributed by atoms with E-state index in [-0.39, 0.29) is 5.41 Å². The Morgan fingerprint density at radius 2 is 1.46 bits per heavy atom. The van der Waals surface area contributed by atoms with E-state index >= 15 is 0 Å². The quantitative estimate of drug-likeness (QED) is 0.173. The maximum Gasteiger partial charge on any atom is 0.311 e. The zero-order chi connectivity index (χ0) is 33.0. The van der Waals surface area contributed by atoms with Crippen molar-refractivity contribution in [1.29, 1.82) is 0 Å². The predicted octanol–water partition coefficient (Wildman–Crippen LogP) is 6.95. The fourth-order valence-corrected chi connectivity index (χ4v) is 9.57. The molecule has 2 aliphatic rings. The van der Waals surface area contributed by atoms with Gasteiger partial charge in [0.15, 0.2) is 0 Å². The van der Waals surface area contributed by atoms with Crippen LogP contribution in [0.1, 0.15) is 79.7 Å². The zero-order valence-corrected chi connectivity index (χ0v) is 28.5. The van der Waals surface area contributed by atoms with E-state index in [4.69, 9.17) is 4.74 Å². The van der Waals surface area contributed by atoms with Gasteiger partial charge >= 0.3 is 11.9 Å². The van der Waals surface area contributed by atoms with Crippen LogP contribution >= 0.6 is 11.3 Å². The molecule has 46 heavy (non-hydrogen) atoms. The number of carboxylic acid groups (broad SMARTS) is 2. The van der Waals surface area contributed by atoms with Gasteiger partial charge in [-0.1, -0.05) is 60.7 Å². The second-order valence-corrected chi connectivity index (χ2v) is 15.0. The number of hydrogen-bond acceptors (Lipinski definition) is 6. The molecular weight excluding hydrogens is 596 g/mol. The summed E-state index contributed by atoms with van der Waals surface area (Å²) in [6, 6.07) is 24.9. The molecule has 0 saturated carbocycles. The van der Waals surface area contributed by atoms with Gasteiger partial charge < -0.3 is 25.2 Å². The van der Waals surface area contributed by atoms with Gasteiger partial charge in [-0.25, -0.2) is 0 Å².